The summed E-state index contributed by atoms with van der Waals surface area (Å²) < 4.78 is 49.9. The standard InChI is InChI=1S/C19H17F3N2O2/c1-10-7-11(2)24-17-15(9-14(23)18(25-3)16(10)17)26-13-6-4-5-12(8-13)19(20,21)22/h4-9H,23H2,1-3H3. The number of ether oxygens (including phenoxy) is 2. The lowest BCUT2D eigenvalue weighted by Crippen LogP contribution is -2.04. The zero-order valence-electron chi connectivity index (χ0n) is 14.4. The minimum atomic E-state index is -4.45. The number of fused-ring (bicyclic) bond motifs is 1. The first-order valence-corrected chi connectivity index (χ1v) is 7.80. The lowest BCUT2D eigenvalue weighted by molar-refractivity contribution is -0.137. The Bertz CT molecular complexity index is 985. The Kier molecular flexibility index (Phi) is 4.39. The average molecular weight is 362 g/mol. The molecule has 26 heavy (non-hydrogen) atoms. The molecule has 0 radical (unpaired) electrons. The monoisotopic (exact) mass is 362 g/mol. The summed E-state index contributed by atoms with van der Waals surface area (Å²) in [7, 11) is 1.50. The lowest BCUT2D eigenvalue weighted by atomic mass is 10.1. The molecular weight excluding hydrogens is 345 g/mol. The molecule has 0 saturated heterocycles. The van der Waals surface area contributed by atoms with Crippen molar-refractivity contribution < 1.29 is 22.6 Å². The van der Waals surface area contributed by atoms with Crippen molar-refractivity contribution in [2.75, 3.05) is 12.8 Å². The van der Waals surface area contributed by atoms with Crippen molar-refractivity contribution in [2.45, 2.75) is 20.0 Å². The fourth-order valence-electron chi connectivity index (χ4n) is 2.88. The number of hydrogen-bond donors (Lipinski definition) is 1. The van der Waals surface area contributed by atoms with Gasteiger partial charge < -0.3 is 15.2 Å². The minimum Gasteiger partial charge on any atom is -0.494 e. The highest BCUT2D eigenvalue weighted by atomic mass is 19.4. The third kappa shape index (κ3) is 3.24. The van der Waals surface area contributed by atoms with Crippen LogP contribution in [0.25, 0.3) is 10.9 Å². The molecule has 2 aromatic carbocycles. The second kappa shape index (κ2) is 6.40. The van der Waals surface area contributed by atoms with E-state index in [1.807, 2.05) is 19.9 Å². The number of methoxy groups -OCH3 is 1. The summed E-state index contributed by atoms with van der Waals surface area (Å²) in [6.45, 7) is 3.70. The van der Waals surface area contributed by atoms with Gasteiger partial charge in [-0.05, 0) is 43.7 Å². The number of alkyl halides is 3. The number of aryl methyl sites for hydroxylation is 2. The fraction of sp³-hybridized carbons (Fsp3) is 0.211. The maximum atomic E-state index is 12.9. The summed E-state index contributed by atoms with van der Waals surface area (Å²) in [5.41, 5.74) is 7.67. The summed E-state index contributed by atoms with van der Waals surface area (Å²) >= 11 is 0. The molecule has 0 spiro atoms. The van der Waals surface area contributed by atoms with Crippen molar-refractivity contribution in [1.82, 2.24) is 4.98 Å². The highest BCUT2D eigenvalue weighted by molar-refractivity contribution is 5.97. The van der Waals surface area contributed by atoms with Gasteiger partial charge in [-0.3, -0.25) is 0 Å². The largest absolute Gasteiger partial charge is 0.494 e. The van der Waals surface area contributed by atoms with Crippen LogP contribution in [0.4, 0.5) is 18.9 Å². The highest BCUT2D eigenvalue weighted by Gasteiger charge is 2.30. The maximum Gasteiger partial charge on any atom is 0.416 e. The van der Waals surface area contributed by atoms with E-state index in [1.54, 1.807) is 0 Å². The van der Waals surface area contributed by atoms with Gasteiger partial charge in [0.2, 0.25) is 0 Å². The summed E-state index contributed by atoms with van der Waals surface area (Å²) in [5, 5.41) is 0.667. The predicted molar refractivity (Wildman–Crippen MR) is 93.7 cm³/mol. The topological polar surface area (TPSA) is 57.4 Å². The fourth-order valence-corrected chi connectivity index (χ4v) is 2.88. The number of nitrogen functional groups attached to an aromatic ring is 1. The molecule has 0 aliphatic heterocycles. The van der Waals surface area contributed by atoms with Gasteiger partial charge >= 0.3 is 6.18 Å². The van der Waals surface area contributed by atoms with Crippen molar-refractivity contribution >= 4 is 16.6 Å². The Labute approximate surface area is 148 Å². The molecule has 0 fully saturated rings. The number of pyridine rings is 1. The number of nitrogens with zero attached hydrogens (tertiary/aromatic N) is 1. The second-order valence-electron chi connectivity index (χ2n) is 5.93. The Balaban J connectivity index is 2.17. The van der Waals surface area contributed by atoms with E-state index < -0.39 is 11.7 Å². The molecule has 0 unspecified atom stereocenters. The molecule has 4 nitrogen and oxygen atoms in total. The molecule has 3 rings (SSSR count). The third-order valence-electron chi connectivity index (χ3n) is 3.95. The molecule has 1 heterocycles. The smallest absolute Gasteiger partial charge is 0.416 e. The van der Waals surface area contributed by atoms with E-state index in [1.165, 1.54) is 25.3 Å². The van der Waals surface area contributed by atoms with E-state index in [4.69, 9.17) is 15.2 Å². The van der Waals surface area contributed by atoms with Crippen molar-refractivity contribution in [3.05, 3.63) is 53.2 Å². The van der Waals surface area contributed by atoms with Crippen LogP contribution in [0.5, 0.6) is 17.2 Å². The van der Waals surface area contributed by atoms with Gasteiger partial charge in [0.25, 0.3) is 0 Å². The number of rotatable bonds is 3. The van der Waals surface area contributed by atoms with Gasteiger partial charge in [0.05, 0.1) is 23.7 Å². The van der Waals surface area contributed by atoms with Crippen molar-refractivity contribution in [3.63, 3.8) is 0 Å². The molecule has 7 heteroatoms. The molecule has 0 saturated carbocycles. The Morgan fingerprint density at radius 3 is 2.46 bits per heavy atom. The number of halogens is 3. The van der Waals surface area contributed by atoms with Gasteiger partial charge in [-0.15, -0.1) is 0 Å². The van der Waals surface area contributed by atoms with E-state index in [0.29, 0.717) is 22.3 Å². The number of nitrogens with two attached hydrogens (primary N) is 1. The maximum absolute atomic E-state index is 12.9. The molecule has 0 aliphatic rings. The van der Waals surface area contributed by atoms with Crippen LogP contribution in [0.1, 0.15) is 16.8 Å². The summed E-state index contributed by atoms with van der Waals surface area (Å²) in [6.07, 6.45) is -4.45. The molecule has 136 valence electrons. The van der Waals surface area contributed by atoms with E-state index in [0.717, 1.165) is 23.4 Å². The Hall–Kier alpha value is -2.96. The van der Waals surface area contributed by atoms with Crippen LogP contribution in [0.15, 0.2) is 36.4 Å². The molecule has 2 N–H and O–H groups in total. The van der Waals surface area contributed by atoms with Crippen LogP contribution >= 0.6 is 0 Å². The van der Waals surface area contributed by atoms with Crippen LogP contribution < -0.4 is 15.2 Å². The number of hydrogen-bond acceptors (Lipinski definition) is 4. The van der Waals surface area contributed by atoms with E-state index in [-0.39, 0.29) is 11.5 Å². The van der Waals surface area contributed by atoms with E-state index in [2.05, 4.69) is 4.98 Å². The van der Waals surface area contributed by atoms with Crippen LogP contribution in [-0.2, 0) is 6.18 Å². The summed E-state index contributed by atoms with van der Waals surface area (Å²) in [6, 6.07) is 8.04. The zero-order chi connectivity index (χ0) is 19.1. The molecule has 0 aliphatic carbocycles. The van der Waals surface area contributed by atoms with Gasteiger partial charge in [-0.25, -0.2) is 4.98 Å². The Morgan fingerprint density at radius 2 is 1.81 bits per heavy atom. The van der Waals surface area contributed by atoms with Crippen LogP contribution in [-0.4, -0.2) is 12.1 Å². The summed E-state index contributed by atoms with van der Waals surface area (Å²) in [4.78, 5) is 4.47. The minimum absolute atomic E-state index is 0.0478. The predicted octanol–water partition coefficient (Wildman–Crippen LogP) is 5.25. The normalized spacial score (nSPS) is 11.6. The Morgan fingerprint density at radius 1 is 1.08 bits per heavy atom. The first kappa shape index (κ1) is 17.8. The number of benzene rings is 2. The SMILES string of the molecule is COc1c(N)cc(Oc2cccc(C(F)(F)F)c2)c2nc(C)cc(C)c12. The number of aromatic nitrogens is 1. The number of anilines is 1. The zero-order valence-corrected chi connectivity index (χ0v) is 14.4. The van der Waals surface area contributed by atoms with Gasteiger partial charge in [0.15, 0.2) is 11.5 Å². The first-order chi connectivity index (χ1) is 12.2. The van der Waals surface area contributed by atoms with Crippen molar-refractivity contribution in [3.8, 4) is 17.2 Å². The van der Waals surface area contributed by atoms with E-state index >= 15 is 0 Å². The molecule has 3 aromatic rings. The molecule has 0 atom stereocenters. The van der Waals surface area contributed by atoms with Gasteiger partial charge in [-0.2, -0.15) is 13.2 Å². The summed E-state index contributed by atoms with van der Waals surface area (Å²) in [5.74, 6) is 0.775. The van der Waals surface area contributed by atoms with Crippen LogP contribution in [0.2, 0.25) is 0 Å². The van der Waals surface area contributed by atoms with Gasteiger partial charge in [-0.1, -0.05) is 6.07 Å². The third-order valence-corrected chi connectivity index (χ3v) is 3.95. The van der Waals surface area contributed by atoms with Crippen molar-refractivity contribution in [2.24, 2.45) is 0 Å². The van der Waals surface area contributed by atoms with Crippen LogP contribution in [0.3, 0.4) is 0 Å². The quantitative estimate of drug-likeness (QED) is 0.646. The highest BCUT2D eigenvalue weighted by Crippen LogP contribution is 2.41. The molecule has 1 aromatic heterocycles. The molecule has 0 bridgehead atoms. The van der Waals surface area contributed by atoms with Crippen molar-refractivity contribution in [1.29, 1.82) is 0 Å². The van der Waals surface area contributed by atoms with Crippen LogP contribution in [0, 0.1) is 13.8 Å². The molecule has 0 amide bonds. The van der Waals surface area contributed by atoms with Gasteiger partial charge in [0.1, 0.15) is 11.3 Å². The average Bonchev–Trinajstić information content (AvgIpc) is 2.55. The lowest BCUT2D eigenvalue weighted by Gasteiger charge is -2.16. The van der Waals surface area contributed by atoms with E-state index in [9.17, 15) is 13.2 Å². The second-order valence-corrected chi connectivity index (χ2v) is 5.93. The first-order valence-electron chi connectivity index (χ1n) is 7.80. The molecular formula is C19H17F3N2O2. The van der Waals surface area contributed by atoms with Gasteiger partial charge in [0, 0.05) is 11.8 Å².